The van der Waals surface area contributed by atoms with Crippen molar-refractivity contribution in [1.82, 2.24) is 5.32 Å². The molecule has 49 heavy (non-hydrogen) atoms. The van der Waals surface area contributed by atoms with Gasteiger partial charge in [0, 0.05) is 39.7 Å². The average molecular weight is 698 g/mol. The maximum absolute atomic E-state index is 13.1. The van der Waals surface area contributed by atoms with Gasteiger partial charge in [0.15, 0.2) is 30.6 Å². The SMILES string of the molecule is CCCCOC1[C@H](OC(C)=O)C(O[C@@H]2C(COC(C)=O)OC(OC)[C@@H](NCC(=O)c3ccccc3)[C@H]2OCCCC)O[C@@H](C(=O)OC)[C@H]1O. The van der Waals surface area contributed by atoms with Crippen molar-refractivity contribution in [1.29, 1.82) is 0 Å². The topological polar surface area (TPSA) is 184 Å². The summed E-state index contributed by atoms with van der Waals surface area (Å²) in [5.74, 6) is -2.41. The van der Waals surface area contributed by atoms with E-state index in [0.717, 1.165) is 20.0 Å². The summed E-state index contributed by atoms with van der Waals surface area (Å²) in [7, 11) is 2.56. The van der Waals surface area contributed by atoms with E-state index in [9.17, 15) is 24.3 Å². The molecule has 3 rings (SSSR count). The van der Waals surface area contributed by atoms with Crippen molar-refractivity contribution in [3.63, 3.8) is 0 Å². The molecule has 2 aliphatic heterocycles. The van der Waals surface area contributed by atoms with Gasteiger partial charge in [-0.05, 0) is 12.8 Å². The van der Waals surface area contributed by atoms with Crippen molar-refractivity contribution >= 4 is 23.7 Å². The monoisotopic (exact) mass is 697 g/mol. The quantitative estimate of drug-likeness (QED) is 0.0921. The van der Waals surface area contributed by atoms with Gasteiger partial charge in [-0.2, -0.15) is 0 Å². The van der Waals surface area contributed by atoms with Crippen LogP contribution in [0.5, 0.6) is 0 Å². The number of ether oxygens (including phenoxy) is 9. The molecule has 2 saturated heterocycles. The fourth-order valence-electron chi connectivity index (χ4n) is 5.59. The molecule has 1 aromatic rings. The molecule has 2 aliphatic rings. The number of rotatable bonds is 19. The van der Waals surface area contributed by atoms with Gasteiger partial charge in [-0.15, -0.1) is 0 Å². The van der Waals surface area contributed by atoms with Gasteiger partial charge in [0.1, 0.15) is 37.1 Å². The molecule has 15 heteroatoms. The number of benzene rings is 1. The Morgan fingerprint density at radius 1 is 0.837 bits per heavy atom. The zero-order chi connectivity index (χ0) is 35.9. The Morgan fingerprint density at radius 2 is 1.49 bits per heavy atom. The molecule has 0 aliphatic carbocycles. The first-order valence-corrected chi connectivity index (χ1v) is 16.7. The van der Waals surface area contributed by atoms with Gasteiger partial charge in [-0.25, -0.2) is 4.79 Å². The molecule has 1 aromatic carbocycles. The van der Waals surface area contributed by atoms with Crippen molar-refractivity contribution in [3.8, 4) is 0 Å². The molecule has 0 bridgehead atoms. The molecular formula is C34H51NO14. The lowest BCUT2D eigenvalue weighted by Crippen LogP contribution is -2.68. The van der Waals surface area contributed by atoms with Gasteiger partial charge in [-0.3, -0.25) is 19.7 Å². The second-order valence-corrected chi connectivity index (χ2v) is 11.8. The molecule has 0 radical (unpaired) electrons. The highest BCUT2D eigenvalue weighted by Gasteiger charge is 2.55. The summed E-state index contributed by atoms with van der Waals surface area (Å²) in [6.45, 7) is 6.39. The number of aliphatic hydroxyl groups is 1. The number of unbranched alkanes of at least 4 members (excludes halogenated alkanes) is 2. The van der Waals surface area contributed by atoms with Gasteiger partial charge in [0.2, 0.25) is 0 Å². The molecule has 10 atom stereocenters. The fraction of sp³-hybridized carbons (Fsp3) is 0.706. The maximum atomic E-state index is 13.1. The van der Waals surface area contributed by atoms with E-state index in [1.807, 2.05) is 19.9 Å². The summed E-state index contributed by atoms with van der Waals surface area (Å²) in [5.41, 5.74) is 0.492. The van der Waals surface area contributed by atoms with Crippen LogP contribution < -0.4 is 5.32 Å². The van der Waals surface area contributed by atoms with Gasteiger partial charge < -0.3 is 47.7 Å². The van der Waals surface area contributed by atoms with E-state index in [-0.39, 0.29) is 32.1 Å². The van der Waals surface area contributed by atoms with Crippen LogP contribution in [-0.4, -0.2) is 131 Å². The number of hydrogen-bond donors (Lipinski definition) is 2. The Kier molecular flexibility index (Phi) is 17.0. The van der Waals surface area contributed by atoms with Crippen LogP contribution in [0.4, 0.5) is 0 Å². The lowest BCUT2D eigenvalue weighted by atomic mass is 9.94. The van der Waals surface area contributed by atoms with E-state index in [0.29, 0.717) is 18.4 Å². The van der Waals surface area contributed by atoms with E-state index >= 15 is 0 Å². The minimum absolute atomic E-state index is 0.118. The van der Waals surface area contributed by atoms with Gasteiger partial charge >= 0.3 is 17.9 Å². The molecule has 0 aromatic heterocycles. The van der Waals surface area contributed by atoms with E-state index in [4.69, 9.17) is 42.6 Å². The number of ketones is 1. The first kappa shape index (κ1) is 40.4. The summed E-state index contributed by atoms with van der Waals surface area (Å²) >= 11 is 0. The zero-order valence-electron chi connectivity index (χ0n) is 29.1. The Morgan fingerprint density at radius 3 is 2.06 bits per heavy atom. The van der Waals surface area contributed by atoms with Crippen LogP contribution in [-0.2, 0) is 57.0 Å². The number of hydrogen-bond acceptors (Lipinski definition) is 15. The number of aliphatic hydroxyl groups excluding tert-OH is 1. The fourth-order valence-corrected chi connectivity index (χ4v) is 5.59. The first-order chi connectivity index (χ1) is 23.6. The Bertz CT molecular complexity index is 1180. The molecule has 2 N–H and O–H groups in total. The Labute approximate surface area is 287 Å². The van der Waals surface area contributed by atoms with E-state index in [2.05, 4.69) is 5.32 Å². The average Bonchev–Trinajstić information content (AvgIpc) is 3.09. The van der Waals surface area contributed by atoms with Crippen LogP contribution in [0.3, 0.4) is 0 Å². The van der Waals surface area contributed by atoms with E-state index in [1.54, 1.807) is 24.3 Å². The number of carbonyl (C=O) groups is 4. The third-order valence-electron chi connectivity index (χ3n) is 8.09. The number of carbonyl (C=O) groups excluding carboxylic acids is 4. The molecule has 4 unspecified atom stereocenters. The molecular weight excluding hydrogens is 646 g/mol. The van der Waals surface area contributed by atoms with Crippen LogP contribution in [0.15, 0.2) is 30.3 Å². The molecule has 276 valence electrons. The van der Waals surface area contributed by atoms with Crippen molar-refractivity contribution in [2.45, 2.75) is 115 Å². The maximum Gasteiger partial charge on any atom is 0.337 e. The van der Waals surface area contributed by atoms with Crippen molar-refractivity contribution in [2.75, 3.05) is 40.6 Å². The van der Waals surface area contributed by atoms with Gasteiger partial charge in [0.25, 0.3) is 0 Å². The van der Waals surface area contributed by atoms with Gasteiger partial charge in [-0.1, -0.05) is 57.0 Å². The molecule has 15 nitrogen and oxygen atoms in total. The number of methoxy groups -OCH3 is 2. The standard InChI is InChI=1S/C34H51NO14/c1-7-9-16-43-28-25(35-18-23(38)22-14-12-11-13-15-22)33(42-6)47-24(19-45-20(3)36)27(28)48-34-31(46-21(4)37)29(44-17-10-8-2)26(39)30(49-34)32(40)41-5/h11-15,24-31,33-35,39H,7-10,16-19H2,1-6H3/t24?,25-,26-,27+,28+,29?,30+,31-,33?,34?/m0/s1. The molecule has 2 heterocycles. The number of nitrogens with one attached hydrogen (secondary N) is 1. The van der Waals surface area contributed by atoms with Crippen molar-refractivity contribution in [2.24, 2.45) is 0 Å². The molecule has 0 spiro atoms. The minimum atomic E-state index is -1.58. The Hall–Kier alpha value is -3.02. The van der Waals surface area contributed by atoms with Crippen LogP contribution in [0.1, 0.15) is 63.7 Å². The lowest BCUT2D eigenvalue weighted by Gasteiger charge is -2.49. The summed E-state index contributed by atoms with van der Waals surface area (Å²) in [6, 6.07) is 7.91. The number of esters is 3. The zero-order valence-corrected chi connectivity index (χ0v) is 29.1. The first-order valence-electron chi connectivity index (χ1n) is 16.7. The van der Waals surface area contributed by atoms with Gasteiger partial charge in [0.05, 0.1) is 19.7 Å². The molecule has 2 fully saturated rings. The highest BCUT2D eigenvalue weighted by atomic mass is 16.8. The third-order valence-corrected chi connectivity index (χ3v) is 8.09. The second kappa shape index (κ2) is 20.6. The summed E-state index contributed by atoms with van der Waals surface area (Å²) in [4.78, 5) is 50.2. The Balaban J connectivity index is 2.05. The normalized spacial score (nSPS) is 29.9. The highest BCUT2D eigenvalue weighted by Crippen LogP contribution is 2.34. The van der Waals surface area contributed by atoms with E-state index in [1.165, 1.54) is 21.0 Å². The van der Waals surface area contributed by atoms with Crippen LogP contribution in [0, 0.1) is 0 Å². The lowest BCUT2D eigenvalue weighted by molar-refractivity contribution is -0.349. The minimum Gasteiger partial charge on any atom is -0.467 e. The second-order valence-electron chi connectivity index (χ2n) is 11.8. The number of Topliss-reactive ketones (excluding diaryl/α,β-unsaturated/α-hetero) is 1. The smallest absolute Gasteiger partial charge is 0.337 e. The van der Waals surface area contributed by atoms with Crippen molar-refractivity contribution < 1.29 is 66.9 Å². The van der Waals surface area contributed by atoms with E-state index < -0.39 is 79.3 Å². The molecule has 0 saturated carbocycles. The molecule has 0 amide bonds. The predicted molar refractivity (Wildman–Crippen MR) is 171 cm³/mol. The highest BCUT2D eigenvalue weighted by molar-refractivity contribution is 5.97. The largest absolute Gasteiger partial charge is 0.467 e. The summed E-state index contributed by atoms with van der Waals surface area (Å²) < 4.78 is 52.7. The summed E-state index contributed by atoms with van der Waals surface area (Å²) in [5, 5.41) is 14.4. The van der Waals surface area contributed by atoms with Crippen LogP contribution >= 0.6 is 0 Å². The predicted octanol–water partition coefficient (Wildman–Crippen LogP) is 1.71. The van der Waals surface area contributed by atoms with Crippen LogP contribution in [0.2, 0.25) is 0 Å². The van der Waals surface area contributed by atoms with Crippen molar-refractivity contribution in [3.05, 3.63) is 35.9 Å². The summed E-state index contributed by atoms with van der Waals surface area (Å²) in [6.07, 6.45) is -8.53. The van der Waals surface area contributed by atoms with Crippen LogP contribution in [0.25, 0.3) is 0 Å². The third kappa shape index (κ3) is 11.5.